The van der Waals surface area contributed by atoms with Crippen LogP contribution >= 0.6 is 0 Å². The van der Waals surface area contributed by atoms with Crippen molar-refractivity contribution in [3.8, 4) is 0 Å². The summed E-state index contributed by atoms with van der Waals surface area (Å²) in [6.07, 6.45) is 4.00. The Hall–Kier alpha value is -1.54. The van der Waals surface area contributed by atoms with Crippen molar-refractivity contribution in [2.24, 2.45) is 0 Å². The van der Waals surface area contributed by atoms with Gasteiger partial charge in [-0.15, -0.1) is 0 Å². The van der Waals surface area contributed by atoms with Gasteiger partial charge in [-0.25, -0.2) is 12.7 Å². The summed E-state index contributed by atoms with van der Waals surface area (Å²) in [7, 11) is -3.13. The molecule has 1 fully saturated rings. The van der Waals surface area contributed by atoms with Gasteiger partial charge in [-0.05, 0) is 18.9 Å². The molecule has 7 nitrogen and oxygen atoms in total. The van der Waals surface area contributed by atoms with Gasteiger partial charge in [0.05, 0.1) is 6.26 Å². The van der Waals surface area contributed by atoms with Gasteiger partial charge in [0, 0.05) is 31.0 Å². The maximum atomic E-state index is 11.9. The number of hydrogen-bond acceptors (Lipinski definition) is 4. The Morgan fingerprint density at radius 3 is 2.58 bits per heavy atom. The zero-order valence-corrected chi connectivity index (χ0v) is 11.5. The average molecular weight is 286 g/mol. The predicted octanol–water partition coefficient (Wildman–Crippen LogP) is -0.249. The third-order valence-corrected chi connectivity index (χ3v) is 4.51. The van der Waals surface area contributed by atoms with Gasteiger partial charge in [0.15, 0.2) is 0 Å². The number of carbonyl (C=O) groups excluding carboxylic acids is 1. The van der Waals surface area contributed by atoms with E-state index in [4.69, 9.17) is 5.73 Å². The van der Waals surface area contributed by atoms with E-state index in [0.29, 0.717) is 37.3 Å². The Morgan fingerprint density at radius 1 is 1.47 bits per heavy atom. The Kier molecular flexibility index (Phi) is 3.81. The van der Waals surface area contributed by atoms with Crippen molar-refractivity contribution in [1.82, 2.24) is 14.6 Å². The molecule has 2 heterocycles. The maximum absolute atomic E-state index is 11.9. The lowest BCUT2D eigenvalue weighted by molar-refractivity contribution is 0.0919. The van der Waals surface area contributed by atoms with E-state index in [9.17, 15) is 13.2 Å². The summed E-state index contributed by atoms with van der Waals surface area (Å²) in [4.78, 5) is 14.7. The van der Waals surface area contributed by atoms with Gasteiger partial charge in [0.25, 0.3) is 5.91 Å². The molecule has 1 aromatic heterocycles. The standard InChI is InChI=1S/C11H18N4O3S/c1-19(17,18)15-4-2-9(3-5-15)14-11(16)10-6-8(12)7-13-10/h6-7,9,13H,2-5,12H2,1H3,(H,14,16). The first-order valence-corrected chi connectivity index (χ1v) is 7.91. The van der Waals surface area contributed by atoms with Crippen LogP contribution in [0.4, 0.5) is 5.69 Å². The van der Waals surface area contributed by atoms with Gasteiger partial charge in [-0.2, -0.15) is 0 Å². The van der Waals surface area contributed by atoms with Gasteiger partial charge in [0.2, 0.25) is 10.0 Å². The molecule has 4 N–H and O–H groups in total. The second-order valence-electron chi connectivity index (χ2n) is 4.76. The number of amides is 1. The largest absolute Gasteiger partial charge is 0.397 e. The molecule has 1 amide bonds. The van der Waals surface area contributed by atoms with E-state index < -0.39 is 10.0 Å². The topological polar surface area (TPSA) is 108 Å². The monoisotopic (exact) mass is 286 g/mol. The second-order valence-corrected chi connectivity index (χ2v) is 6.74. The van der Waals surface area contributed by atoms with E-state index in [1.54, 1.807) is 12.3 Å². The smallest absolute Gasteiger partial charge is 0.267 e. The lowest BCUT2D eigenvalue weighted by Gasteiger charge is -2.30. The Labute approximate surface area is 112 Å². The van der Waals surface area contributed by atoms with E-state index in [0.717, 1.165) is 0 Å². The SMILES string of the molecule is CS(=O)(=O)N1CCC(NC(=O)c2cc(N)c[nH]2)CC1. The van der Waals surface area contributed by atoms with Crippen molar-refractivity contribution in [3.63, 3.8) is 0 Å². The molecule has 0 spiro atoms. The third kappa shape index (κ3) is 3.48. The minimum absolute atomic E-state index is 0.00461. The molecule has 0 unspecified atom stereocenters. The van der Waals surface area contributed by atoms with Gasteiger partial charge in [0.1, 0.15) is 5.69 Å². The van der Waals surface area contributed by atoms with E-state index in [2.05, 4.69) is 10.3 Å². The molecule has 1 saturated heterocycles. The van der Waals surface area contributed by atoms with Crippen molar-refractivity contribution in [2.45, 2.75) is 18.9 Å². The number of H-pyrrole nitrogens is 1. The van der Waals surface area contributed by atoms with E-state index in [1.165, 1.54) is 10.6 Å². The molecule has 1 aromatic rings. The highest BCUT2D eigenvalue weighted by Gasteiger charge is 2.26. The third-order valence-electron chi connectivity index (χ3n) is 3.21. The van der Waals surface area contributed by atoms with Crippen LogP contribution in [0.3, 0.4) is 0 Å². The van der Waals surface area contributed by atoms with Crippen molar-refractivity contribution < 1.29 is 13.2 Å². The van der Waals surface area contributed by atoms with Crippen LogP contribution in [-0.2, 0) is 10.0 Å². The van der Waals surface area contributed by atoms with Gasteiger partial charge in [-0.1, -0.05) is 0 Å². The first-order valence-electron chi connectivity index (χ1n) is 6.06. The molecule has 0 atom stereocenters. The number of nitrogens with two attached hydrogens (primary N) is 1. The zero-order valence-electron chi connectivity index (χ0n) is 10.7. The number of aromatic amines is 1. The molecule has 0 bridgehead atoms. The summed E-state index contributed by atoms with van der Waals surface area (Å²) < 4.78 is 24.2. The van der Waals surface area contributed by atoms with Crippen molar-refractivity contribution in [2.75, 3.05) is 25.1 Å². The number of sulfonamides is 1. The minimum atomic E-state index is -3.13. The molecule has 0 saturated carbocycles. The van der Waals surface area contributed by atoms with Crippen molar-refractivity contribution in [1.29, 1.82) is 0 Å². The molecular weight excluding hydrogens is 268 g/mol. The lowest BCUT2D eigenvalue weighted by Crippen LogP contribution is -2.46. The summed E-state index contributed by atoms with van der Waals surface area (Å²) in [5.74, 6) is -0.213. The van der Waals surface area contributed by atoms with Crippen LogP contribution in [0.25, 0.3) is 0 Å². The van der Waals surface area contributed by atoms with Crippen LogP contribution in [-0.4, -0.2) is 49.0 Å². The molecule has 0 aliphatic carbocycles. The number of rotatable bonds is 3. The van der Waals surface area contributed by atoms with E-state index in [1.807, 2.05) is 0 Å². The molecule has 0 radical (unpaired) electrons. The highest BCUT2D eigenvalue weighted by atomic mass is 32.2. The number of anilines is 1. The fraction of sp³-hybridized carbons (Fsp3) is 0.545. The van der Waals surface area contributed by atoms with Crippen LogP contribution < -0.4 is 11.1 Å². The highest BCUT2D eigenvalue weighted by Crippen LogP contribution is 2.14. The Bertz CT molecular complexity index is 558. The molecule has 0 aromatic carbocycles. The molecule has 1 aliphatic rings. The number of carbonyl (C=O) groups is 1. The molecular formula is C11H18N4O3S. The number of hydrogen-bond donors (Lipinski definition) is 3. The van der Waals surface area contributed by atoms with Gasteiger partial charge in [-0.3, -0.25) is 4.79 Å². The number of nitrogens with zero attached hydrogens (tertiary/aromatic N) is 1. The summed E-state index contributed by atoms with van der Waals surface area (Å²) in [6.45, 7) is 0.882. The summed E-state index contributed by atoms with van der Waals surface area (Å²) in [5, 5.41) is 2.87. The fourth-order valence-corrected chi connectivity index (χ4v) is 3.01. The van der Waals surface area contributed by atoms with E-state index >= 15 is 0 Å². The number of nitrogen functional groups attached to an aromatic ring is 1. The quantitative estimate of drug-likeness (QED) is 0.712. The molecule has 106 valence electrons. The first kappa shape index (κ1) is 13.9. The summed E-state index contributed by atoms with van der Waals surface area (Å²) in [6, 6.07) is 1.57. The number of piperidine rings is 1. The highest BCUT2D eigenvalue weighted by molar-refractivity contribution is 7.88. The lowest BCUT2D eigenvalue weighted by atomic mass is 10.1. The minimum Gasteiger partial charge on any atom is -0.397 e. The molecule has 19 heavy (non-hydrogen) atoms. The van der Waals surface area contributed by atoms with Crippen LogP contribution in [0, 0.1) is 0 Å². The summed E-state index contributed by atoms with van der Waals surface area (Å²) >= 11 is 0. The molecule has 2 rings (SSSR count). The zero-order chi connectivity index (χ0) is 14.0. The second kappa shape index (κ2) is 5.22. The Morgan fingerprint density at radius 2 is 2.11 bits per heavy atom. The first-order chi connectivity index (χ1) is 8.86. The van der Waals surface area contributed by atoms with Crippen molar-refractivity contribution >= 4 is 21.6 Å². The number of aromatic nitrogens is 1. The van der Waals surface area contributed by atoms with E-state index in [-0.39, 0.29) is 11.9 Å². The number of nitrogens with one attached hydrogen (secondary N) is 2. The van der Waals surface area contributed by atoms with Crippen molar-refractivity contribution in [3.05, 3.63) is 18.0 Å². The van der Waals surface area contributed by atoms with Crippen LogP contribution in [0.2, 0.25) is 0 Å². The average Bonchev–Trinajstić information content (AvgIpc) is 2.75. The van der Waals surface area contributed by atoms with Crippen LogP contribution in [0.5, 0.6) is 0 Å². The van der Waals surface area contributed by atoms with Crippen LogP contribution in [0.1, 0.15) is 23.3 Å². The fourth-order valence-electron chi connectivity index (χ4n) is 2.14. The summed E-state index contributed by atoms with van der Waals surface area (Å²) in [5.41, 5.74) is 6.46. The maximum Gasteiger partial charge on any atom is 0.267 e. The molecule has 1 aliphatic heterocycles. The van der Waals surface area contributed by atoms with Gasteiger partial charge < -0.3 is 16.0 Å². The predicted molar refractivity (Wildman–Crippen MR) is 72.1 cm³/mol. The van der Waals surface area contributed by atoms with Gasteiger partial charge >= 0.3 is 0 Å². The Balaban J connectivity index is 1.88. The van der Waals surface area contributed by atoms with Crippen LogP contribution in [0.15, 0.2) is 12.3 Å². The normalized spacial score (nSPS) is 18.4. The molecule has 8 heteroatoms.